The molecule has 0 aliphatic heterocycles. The van der Waals surface area contributed by atoms with Gasteiger partial charge in [-0.25, -0.2) is 9.13 Å². The standard InChI is InChI=1S/C75H142O17P2/c1-6-10-13-16-19-22-24-26-28-29-31-33-35-40-45-50-55-60-74(79)92-71(65-86-73(78)59-54-49-44-39-34-32-30-27-25-23-20-17-14-11-7-2)67-90-94(83,84)88-63-69(76)62-87-93(81,82)89-66-70(64-85-72(77)58-53-48-43-21-18-15-12-8-3)91-75(80)61-56-51-46-41-37-36-38-42-47-52-57-68(5)9-4/h23,25,27,30,68-71,76H,6-22,24,26,28-29,31-67H2,1-5H3,(H,81,82)(H,83,84)/b25-23-,30-27-/t68?,69-,70+,71+/m0/s1. The molecule has 3 N–H and O–H groups in total. The van der Waals surface area contributed by atoms with Gasteiger partial charge in [-0.3, -0.25) is 37.3 Å². The molecule has 19 heteroatoms. The van der Waals surface area contributed by atoms with Gasteiger partial charge in [-0.2, -0.15) is 0 Å². The summed E-state index contributed by atoms with van der Waals surface area (Å²) in [6, 6.07) is 0. The van der Waals surface area contributed by atoms with Gasteiger partial charge in [-0.05, 0) is 57.3 Å². The number of allylic oxidation sites excluding steroid dienone is 4. The van der Waals surface area contributed by atoms with Gasteiger partial charge in [0.05, 0.1) is 26.4 Å². The third-order valence-electron chi connectivity index (χ3n) is 17.3. The number of phosphoric ester groups is 2. The summed E-state index contributed by atoms with van der Waals surface area (Å²) in [6.45, 7) is 7.22. The number of phosphoric acid groups is 2. The minimum absolute atomic E-state index is 0.102. The van der Waals surface area contributed by atoms with E-state index >= 15 is 0 Å². The molecule has 0 aliphatic carbocycles. The summed E-state index contributed by atoms with van der Waals surface area (Å²) in [7, 11) is -9.92. The fraction of sp³-hybridized carbons (Fsp3) is 0.893. The normalized spacial score (nSPS) is 14.4. The average Bonchev–Trinajstić information content (AvgIpc) is 2.51. The molecule has 0 spiro atoms. The summed E-state index contributed by atoms with van der Waals surface area (Å²) in [5, 5.41) is 10.6. The number of unbranched alkanes of at least 4 members (excludes halogenated alkanes) is 41. The van der Waals surface area contributed by atoms with E-state index in [0.717, 1.165) is 121 Å². The molecule has 0 aromatic rings. The quantitative estimate of drug-likeness (QED) is 0.0169. The SMILES string of the molecule is CCCCCC/C=C\C=C/CCCCCCCC(=O)OC[C@H](COP(=O)(O)OC[C@@H](O)COP(=O)(O)OC[C@@H](COC(=O)CCCCCCCCCC)OC(=O)CCCCCCCCCCCCC(C)CC)OC(=O)CCCCCCCCCCCCCCCCCCC. The largest absolute Gasteiger partial charge is 0.472 e. The molecule has 3 unspecified atom stereocenters. The number of ether oxygens (including phenoxy) is 4. The van der Waals surface area contributed by atoms with Crippen molar-refractivity contribution in [2.24, 2.45) is 5.92 Å². The Labute approximate surface area is 573 Å². The molecular weight excluding hydrogens is 1230 g/mol. The zero-order valence-corrected chi connectivity index (χ0v) is 62.4. The van der Waals surface area contributed by atoms with Crippen LogP contribution in [0.2, 0.25) is 0 Å². The van der Waals surface area contributed by atoms with Gasteiger partial charge in [0.2, 0.25) is 0 Å². The smallest absolute Gasteiger partial charge is 0.462 e. The van der Waals surface area contributed by atoms with Crippen molar-refractivity contribution in [2.75, 3.05) is 39.6 Å². The van der Waals surface area contributed by atoms with E-state index in [-0.39, 0.29) is 25.7 Å². The maximum atomic E-state index is 13.1. The van der Waals surface area contributed by atoms with Crippen LogP contribution in [-0.2, 0) is 65.4 Å². The molecule has 554 valence electrons. The van der Waals surface area contributed by atoms with Crippen molar-refractivity contribution in [1.82, 2.24) is 0 Å². The van der Waals surface area contributed by atoms with Crippen molar-refractivity contribution in [2.45, 2.75) is 387 Å². The second kappa shape index (κ2) is 67.7. The van der Waals surface area contributed by atoms with Crippen LogP contribution in [0.1, 0.15) is 369 Å². The molecule has 0 saturated heterocycles. The summed E-state index contributed by atoms with van der Waals surface area (Å²) in [4.78, 5) is 72.7. The molecule has 0 fully saturated rings. The second-order valence-electron chi connectivity index (χ2n) is 26.6. The fourth-order valence-electron chi connectivity index (χ4n) is 11.0. The molecule has 94 heavy (non-hydrogen) atoms. The lowest BCUT2D eigenvalue weighted by Crippen LogP contribution is -2.30. The molecule has 6 atom stereocenters. The van der Waals surface area contributed by atoms with Crippen molar-refractivity contribution in [1.29, 1.82) is 0 Å². The van der Waals surface area contributed by atoms with Crippen LogP contribution in [-0.4, -0.2) is 96.7 Å². The highest BCUT2D eigenvalue weighted by Gasteiger charge is 2.30. The highest BCUT2D eigenvalue weighted by atomic mass is 31.2. The number of aliphatic hydroxyl groups excluding tert-OH is 1. The molecule has 0 aliphatic rings. The van der Waals surface area contributed by atoms with Crippen LogP contribution in [0.5, 0.6) is 0 Å². The average molecular weight is 1380 g/mol. The molecule has 0 aromatic carbocycles. The van der Waals surface area contributed by atoms with Gasteiger partial charge in [0.25, 0.3) is 0 Å². The van der Waals surface area contributed by atoms with Crippen LogP contribution in [0.25, 0.3) is 0 Å². The van der Waals surface area contributed by atoms with E-state index < -0.39 is 97.5 Å². The van der Waals surface area contributed by atoms with E-state index in [9.17, 15) is 43.2 Å². The molecule has 0 bridgehead atoms. The van der Waals surface area contributed by atoms with Crippen LogP contribution < -0.4 is 0 Å². The molecule has 17 nitrogen and oxygen atoms in total. The maximum Gasteiger partial charge on any atom is 0.472 e. The highest BCUT2D eigenvalue weighted by Crippen LogP contribution is 2.45. The molecule has 0 aromatic heterocycles. The summed E-state index contributed by atoms with van der Waals surface area (Å²) < 4.78 is 68.4. The van der Waals surface area contributed by atoms with E-state index in [1.807, 2.05) is 0 Å². The molecule has 0 heterocycles. The number of hydrogen-bond acceptors (Lipinski definition) is 15. The number of esters is 4. The Bertz CT molecular complexity index is 1900. The monoisotopic (exact) mass is 1380 g/mol. The number of aliphatic hydroxyl groups is 1. The molecule has 0 saturated carbocycles. The highest BCUT2D eigenvalue weighted by molar-refractivity contribution is 7.47. The van der Waals surface area contributed by atoms with Crippen LogP contribution in [0.3, 0.4) is 0 Å². The predicted octanol–water partition coefficient (Wildman–Crippen LogP) is 21.6. The van der Waals surface area contributed by atoms with Gasteiger partial charge in [-0.1, -0.05) is 316 Å². The van der Waals surface area contributed by atoms with Gasteiger partial charge >= 0.3 is 39.5 Å². The van der Waals surface area contributed by atoms with Gasteiger partial charge in [0.15, 0.2) is 12.2 Å². The zero-order valence-electron chi connectivity index (χ0n) is 60.6. The van der Waals surface area contributed by atoms with Crippen LogP contribution in [0.4, 0.5) is 0 Å². The van der Waals surface area contributed by atoms with Crippen molar-refractivity contribution in [3.05, 3.63) is 24.3 Å². The Balaban J connectivity index is 5.26. The Morgan fingerprint density at radius 3 is 0.904 bits per heavy atom. The topological polar surface area (TPSA) is 237 Å². The molecule has 0 radical (unpaired) electrons. The van der Waals surface area contributed by atoms with Crippen LogP contribution in [0, 0.1) is 5.92 Å². The lowest BCUT2D eigenvalue weighted by atomic mass is 9.99. The summed E-state index contributed by atoms with van der Waals surface area (Å²) in [5.74, 6) is -1.35. The van der Waals surface area contributed by atoms with E-state index in [1.165, 1.54) is 167 Å². The first-order valence-corrected chi connectivity index (χ1v) is 41.5. The Hall–Kier alpha value is -2.46. The first-order valence-electron chi connectivity index (χ1n) is 38.5. The van der Waals surface area contributed by atoms with E-state index in [4.69, 9.17) is 37.0 Å². The van der Waals surface area contributed by atoms with Crippen molar-refractivity contribution >= 4 is 39.5 Å². The van der Waals surface area contributed by atoms with Crippen molar-refractivity contribution in [3.63, 3.8) is 0 Å². The van der Waals surface area contributed by atoms with Gasteiger partial charge in [0.1, 0.15) is 19.3 Å². The first-order chi connectivity index (χ1) is 45.6. The predicted molar refractivity (Wildman–Crippen MR) is 381 cm³/mol. The van der Waals surface area contributed by atoms with Crippen molar-refractivity contribution in [3.8, 4) is 0 Å². The van der Waals surface area contributed by atoms with E-state index in [0.29, 0.717) is 25.7 Å². The maximum absolute atomic E-state index is 13.1. The minimum atomic E-state index is -4.96. The van der Waals surface area contributed by atoms with Gasteiger partial charge in [-0.15, -0.1) is 0 Å². The second-order valence-corrected chi connectivity index (χ2v) is 29.5. The van der Waals surface area contributed by atoms with Crippen LogP contribution in [0.15, 0.2) is 24.3 Å². The summed E-state index contributed by atoms with van der Waals surface area (Å²) in [5.41, 5.74) is 0. The third kappa shape index (κ3) is 66.8. The lowest BCUT2D eigenvalue weighted by Gasteiger charge is -2.21. The Morgan fingerprint density at radius 1 is 0.340 bits per heavy atom. The molecular formula is C75H142O17P2. The Kier molecular flexibility index (Phi) is 65.9. The minimum Gasteiger partial charge on any atom is -0.462 e. The summed E-state index contributed by atoms with van der Waals surface area (Å²) in [6.07, 6.45) is 59.0. The molecule has 0 amide bonds. The van der Waals surface area contributed by atoms with E-state index in [1.54, 1.807) is 0 Å². The van der Waals surface area contributed by atoms with E-state index in [2.05, 4.69) is 58.9 Å². The molecule has 0 rings (SSSR count). The van der Waals surface area contributed by atoms with Gasteiger partial charge < -0.3 is 33.8 Å². The fourth-order valence-corrected chi connectivity index (χ4v) is 12.5. The third-order valence-corrected chi connectivity index (χ3v) is 19.2. The number of hydrogen-bond donors (Lipinski definition) is 3. The van der Waals surface area contributed by atoms with Crippen LogP contribution >= 0.6 is 15.6 Å². The number of carbonyl (C=O) groups excluding carboxylic acids is 4. The number of carbonyl (C=O) groups is 4. The van der Waals surface area contributed by atoms with Crippen molar-refractivity contribution < 1.29 is 80.2 Å². The number of rotatable bonds is 73. The zero-order chi connectivity index (χ0) is 69.1. The lowest BCUT2D eigenvalue weighted by molar-refractivity contribution is -0.161. The van der Waals surface area contributed by atoms with Gasteiger partial charge in [0, 0.05) is 25.7 Å². The Morgan fingerprint density at radius 2 is 0.596 bits per heavy atom. The first kappa shape index (κ1) is 91.5. The summed E-state index contributed by atoms with van der Waals surface area (Å²) >= 11 is 0.